The van der Waals surface area contributed by atoms with Gasteiger partial charge in [0.15, 0.2) is 0 Å². The van der Waals surface area contributed by atoms with E-state index in [1.54, 1.807) is 6.33 Å². The van der Waals surface area contributed by atoms with Crippen LogP contribution in [0.1, 0.15) is 44.1 Å². The zero-order chi connectivity index (χ0) is 22.2. The summed E-state index contributed by atoms with van der Waals surface area (Å²) in [4.78, 5) is 28.2. The molecule has 2 aromatic rings. The molecule has 1 aromatic carbocycles. The van der Waals surface area contributed by atoms with E-state index in [0.29, 0.717) is 6.04 Å². The largest absolute Gasteiger partial charge is 0.369 e. The van der Waals surface area contributed by atoms with E-state index in [-0.39, 0.29) is 17.1 Å². The van der Waals surface area contributed by atoms with Crippen LogP contribution < -0.4 is 10.2 Å². The lowest BCUT2D eigenvalue weighted by molar-refractivity contribution is 0.0598. The Morgan fingerprint density at radius 1 is 1.00 bits per heavy atom. The highest BCUT2D eigenvalue weighted by atomic mass is 16.2. The molecule has 7 nitrogen and oxygen atoms in total. The molecule has 2 amide bonds. The van der Waals surface area contributed by atoms with Gasteiger partial charge in [0.05, 0.1) is 23.6 Å². The van der Waals surface area contributed by atoms with Gasteiger partial charge in [-0.15, -0.1) is 0 Å². The van der Waals surface area contributed by atoms with E-state index in [4.69, 9.17) is 0 Å². The first-order chi connectivity index (χ1) is 15.5. The quantitative estimate of drug-likeness (QED) is 0.800. The van der Waals surface area contributed by atoms with Gasteiger partial charge in [0, 0.05) is 31.2 Å². The second-order valence-electron chi connectivity index (χ2n) is 9.95. The Balaban J connectivity index is 1.24. The first-order valence-corrected chi connectivity index (χ1v) is 11.8. The highest BCUT2D eigenvalue weighted by Gasteiger charge is 2.51. The summed E-state index contributed by atoms with van der Waals surface area (Å²) in [5.41, 5.74) is 2.42. The van der Waals surface area contributed by atoms with Crippen molar-refractivity contribution >= 4 is 11.7 Å². The van der Waals surface area contributed by atoms with Gasteiger partial charge in [-0.3, -0.25) is 4.90 Å². The maximum Gasteiger partial charge on any atom is 0.318 e. The number of carbonyl (C=O) groups excluding carboxylic acids is 1. The molecule has 170 valence electrons. The van der Waals surface area contributed by atoms with Gasteiger partial charge in [0.1, 0.15) is 6.33 Å². The van der Waals surface area contributed by atoms with Crippen LogP contribution >= 0.6 is 0 Å². The predicted octanol–water partition coefficient (Wildman–Crippen LogP) is 3.24. The van der Waals surface area contributed by atoms with Crippen LogP contribution in [0.2, 0.25) is 0 Å². The van der Waals surface area contributed by atoms with Gasteiger partial charge in [-0.25, -0.2) is 14.8 Å². The van der Waals surface area contributed by atoms with Crippen molar-refractivity contribution in [1.82, 2.24) is 25.1 Å². The molecule has 1 N–H and O–H groups in total. The van der Waals surface area contributed by atoms with E-state index >= 15 is 0 Å². The molecule has 7 heteroatoms. The lowest BCUT2D eigenvalue weighted by Crippen LogP contribution is -2.54. The molecule has 0 unspecified atom stereocenters. The number of piperidine rings is 1. The number of rotatable bonds is 4. The number of nitrogens with zero attached hydrogens (tertiary/aromatic N) is 5. The number of nitrogens with one attached hydrogen (secondary N) is 1. The summed E-state index contributed by atoms with van der Waals surface area (Å²) in [7, 11) is 4.38. The van der Waals surface area contributed by atoms with Crippen LogP contribution in [0.3, 0.4) is 0 Å². The van der Waals surface area contributed by atoms with Gasteiger partial charge >= 0.3 is 6.03 Å². The minimum absolute atomic E-state index is 0.0494. The van der Waals surface area contributed by atoms with E-state index in [0.717, 1.165) is 63.8 Å². The van der Waals surface area contributed by atoms with Crippen molar-refractivity contribution in [3.63, 3.8) is 0 Å². The average Bonchev–Trinajstić information content (AvgIpc) is 3.16. The third-order valence-electron chi connectivity index (χ3n) is 8.12. The molecule has 0 radical (unpaired) electrons. The van der Waals surface area contributed by atoms with Gasteiger partial charge in [-0.05, 0) is 58.2 Å². The number of urea groups is 1. The van der Waals surface area contributed by atoms with Crippen LogP contribution in [-0.4, -0.2) is 71.1 Å². The van der Waals surface area contributed by atoms with Crippen LogP contribution in [0.25, 0.3) is 0 Å². The minimum Gasteiger partial charge on any atom is -0.369 e. The number of hydrogen-bond donors (Lipinski definition) is 1. The minimum atomic E-state index is -0.0875. The molecule has 3 fully saturated rings. The number of anilines is 1. The third kappa shape index (κ3) is 3.72. The highest BCUT2D eigenvalue weighted by Crippen LogP contribution is 2.46. The standard InChI is InChI=1S/C25H34N6O/c1-29(2)25(20-6-4-3-5-7-20)12-10-24(11-13-25)18-31(23(32)28-24)21-8-14-30(15-9-21)22-16-26-19-27-17-22/h3-7,16-17,19,21H,8-15,18H2,1-2H3,(H,28,32)/t24-,25+. The fraction of sp³-hybridized carbons (Fsp3) is 0.560. The average molecular weight is 435 g/mol. The van der Waals surface area contributed by atoms with Crippen LogP contribution in [0.15, 0.2) is 49.1 Å². The van der Waals surface area contributed by atoms with Gasteiger partial charge < -0.3 is 15.1 Å². The number of benzene rings is 1. The fourth-order valence-corrected chi connectivity index (χ4v) is 6.09. The number of aromatic nitrogens is 2. The van der Waals surface area contributed by atoms with Crippen LogP contribution in [0, 0.1) is 0 Å². The molecule has 3 heterocycles. The Morgan fingerprint density at radius 2 is 1.66 bits per heavy atom. The SMILES string of the molecule is CN(C)[C@]1(c2ccccc2)CC[C@]2(CC1)CN(C1CCN(c3cncnc3)CC1)C(=O)N2. The van der Waals surface area contributed by atoms with Crippen LogP contribution in [-0.2, 0) is 5.54 Å². The summed E-state index contributed by atoms with van der Waals surface area (Å²) in [5.74, 6) is 0. The zero-order valence-corrected chi connectivity index (χ0v) is 19.2. The highest BCUT2D eigenvalue weighted by molar-refractivity contribution is 5.78. The Labute approximate surface area is 190 Å². The van der Waals surface area contributed by atoms with Crippen molar-refractivity contribution in [2.75, 3.05) is 38.6 Å². The molecule has 1 aromatic heterocycles. The Hall–Kier alpha value is -2.67. The Morgan fingerprint density at radius 3 is 2.28 bits per heavy atom. The maximum atomic E-state index is 13.0. The molecule has 5 rings (SSSR count). The number of hydrogen-bond acceptors (Lipinski definition) is 5. The molecule has 2 saturated heterocycles. The Bertz CT molecular complexity index is 918. The monoisotopic (exact) mass is 434 g/mol. The fourth-order valence-electron chi connectivity index (χ4n) is 6.09. The maximum absolute atomic E-state index is 13.0. The van der Waals surface area contributed by atoms with Gasteiger partial charge in [-0.2, -0.15) is 0 Å². The lowest BCUT2D eigenvalue weighted by Gasteiger charge is -2.49. The number of amides is 2. The first-order valence-electron chi connectivity index (χ1n) is 11.8. The zero-order valence-electron chi connectivity index (χ0n) is 19.2. The predicted molar refractivity (Wildman–Crippen MR) is 126 cm³/mol. The normalized spacial score (nSPS) is 29.0. The van der Waals surface area contributed by atoms with Gasteiger partial charge in [0.25, 0.3) is 0 Å². The van der Waals surface area contributed by atoms with Crippen molar-refractivity contribution in [1.29, 1.82) is 0 Å². The molecule has 2 aliphatic heterocycles. The molecular formula is C25H34N6O. The van der Waals surface area contributed by atoms with E-state index in [1.165, 1.54) is 5.56 Å². The third-order valence-corrected chi connectivity index (χ3v) is 8.12. The Kier molecular flexibility index (Phi) is 5.53. The second-order valence-corrected chi connectivity index (χ2v) is 9.95. The molecule has 0 bridgehead atoms. The van der Waals surface area contributed by atoms with Crippen molar-refractivity contribution in [2.24, 2.45) is 0 Å². The van der Waals surface area contributed by atoms with E-state index in [9.17, 15) is 4.79 Å². The van der Waals surface area contributed by atoms with Crippen molar-refractivity contribution < 1.29 is 4.79 Å². The van der Waals surface area contributed by atoms with E-state index in [1.807, 2.05) is 12.4 Å². The smallest absolute Gasteiger partial charge is 0.318 e. The summed E-state index contributed by atoms with van der Waals surface area (Å²) in [6.45, 7) is 2.71. The van der Waals surface area contributed by atoms with Crippen molar-refractivity contribution in [3.05, 3.63) is 54.6 Å². The van der Waals surface area contributed by atoms with E-state index in [2.05, 4.69) is 74.4 Å². The lowest BCUT2D eigenvalue weighted by atomic mass is 9.69. The summed E-state index contributed by atoms with van der Waals surface area (Å²) >= 11 is 0. The number of carbonyl (C=O) groups is 1. The van der Waals surface area contributed by atoms with Crippen LogP contribution in [0.4, 0.5) is 10.5 Å². The van der Waals surface area contributed by atoms with Gasteiger partial charge in [0.2, 0.25) is 0 Å². The molecule has 32 heavy (non-hydrogen) atoms. The van der Waals surface area contributed by atoms with E-state index < -0.39 is 0 Å². The molecular weight excluding hydrogens is 400 g/mol. The summed E-state index contributed by atoms with van der Waals surface area (Å²) in [6, 6.07) is 11.3. The first kappa shape index (κ1) is 21.2. The summed E-state index contributed by atoms with van der Waals surface area (Å²) < 4.78 is 0. The molecule has 1 aliphatic carbocycles. The molecule has 1 saturated carbocycles. The topological polar surface area (TPSA) is 64.6 Å². The van der Waals surface area contributed by atoms with Crippen molar-refractivity contribution in [3.8, 4) is 0 Å². The molecule has 3 aliphatic rings. The van der Waals surface area contributed by atoms with Crippen LogP contribution in [0.5, 0.6) is 0 Å². The summed E-state index contributed by atoms with van der Waals surface area (Å²) in [5, 5.41) is 3.42. The second kappa shape index (κ2) is 8.35. The summed E-state index contributed by atoms with van der Waals surface area (Å²) in [6.07, 6.45) is 11.4. The molecule has 1 spiro atoms. The molecule has 0 atom stereocenters. The van der Waals surface area contributed by atoms with Gasteiger partial charge in [-0.1, -0.05) is 30.3 Å². The van der Waals surface area contributed by atoms with Crippen molar-refractivity contribution in [2.45, 2.75) is 55.6 Å².